The maximum absolute atomic E-state index is 14.8. The maximum Gasteiger partial charge on any atom is 0.432 e. The van der Waals surface area contributed by atoms with E-state index in [1.54, 1.807) is 0 Å². The van der Waals surface area contributed by atoms with Crippen molar-refractivity contribution in [1.29, 1.82) is 0 Å². The first-order valence-electron chi connectivity index (χ1n) is 12.4. The number of unbranched alkanes of at least 4 members (excludes halogenated alkanes) is 2. The second-order valence-electron chi connectivity index (χ2n) is 9.38. The molecule has 39 heavy (non-hydrogen) atoms. The fourth-order valence-corrected chi connectivity index (χ4v) is 4.55. The Hall–Kier alpha value is -3.05. The highest BCUT2D eigenvalue weighted by molar-refractivity contribution is 5.36. The van der Waals surface area contributed by atoms with Gasteiger partial charge in [-0.25, -0.2) is 13.2 Å². The van der Waals surface area contributed by atoms with Gasteiger partial charge in [0.2, 0.25) is 0 Å². The van der Waals surface area contributed by atoms with Crippen LogP contribution in [0.25, 0.3) is 0 Å². The van der Waals surface area contributed by atoms with E-state index in [1.807, 2.05) is 0 Å². The Kier molecular flexibility index (Phi) is 10.1. The number of alkyl halides is 4. The van der Waals surface area contributed by atoms with Crippen LogP contribution in [0.1, 0.15) is 63.9 Å². The Bertz CT molecular complexity index is 1120. The van der Waals surface area contributed by atoms with Crippen molar-refractivity contribution in [3.05, 3.63) is 65.7 Å². The molecule has 0 spiro atoms. The molecule has 1 fully saturated rings. The molecule has 3 nitrogen and oxygen atoms in total. The van der Waals surface area contributed by atoms with Crippen molar-refractivity contribution in [3.8, 4) is 17.2 Å². The van der Waals surface area contributed by atoms with Crippen molar-refractivity contribution in [2.75, 3.05) is 0 Å². The molecular weight excluding hydrogens is 543 g/mol. The third kappa shape index (κ3) is 8.22. The molecule has 12 heteroatoms. The zero-order valence-corrected chi connectivity index (χ0v) is 20.9. The second kappa shape index (κ2) is 12.9. The Morgan fingerprint density at radius 3 is 2.03 bits per heavy atom. The van der Waals surface area contributed by atoms with Crippen molar-refractivity contribution in [2.24, 2.45) is 11.8 Å². The summed E-state index contributed by atoms with van der Waals surface area (Å²) in [6, 6.07) is 2.05. The summed E-state index contributed by atoms with van der Waals surface area (Å²) in [7, 11) is 0. The van der Waals surface area contributed by atoms with E-state index >= 15 is 0 Å². The lowest BCUT2D eigenvalue weighted by Crippen LogP contribution is -2.37. The summed E-state index contributed by atoms with van der Waals surface area (Å²) in [4.78, 5) is 0. The average Bonchev–Trinajstić information content (AvgIpc) is 2.82. The third-order valence-corrected chi connectivity index (χ3v) is 6.52. The Balaban J connectivity index is 1.69. The van der Waals surface area contributed by atoms with Gasteiger partial charge in [0.05, 0.1) is 5.92 Å². The van der Waals surface area contributed by atoms with Gasteiger partial charge >= 0.3 is 18.3 Å². The number of hydrogen-bond donors (Lipinski definition) is 0. The lowest BCUT2D eigenvalue weighted by atomic mass is 9.79. The predicted octanol–water partition coefficient (Wildman–Crippen LogP) is 9.71. The van der Waals surface area contributed by atoms with Gasteiger partial charge in [0, 0.05) is 18.2 Å². The fourth-order valence-electron chi connectivity index (χ4n) is 4.55. The summed E-state index contributed by atoms with van der Waals surface area (Å²) in [6.45, 7) is 2.07. The van der Waals surface area contributed by atoms with Gasteiger partial charge in [-0.15, -0.1) is 0 Å². The molecule has 1 aliphatic rings. The quantitative estimate of drug-likeness (QED) is 0.144. The largest absolute Gasteiger partial charge is 0.456 e. The summed E-state index contributed by atoms with van der Waals surface area (Å²) in [5.74, 6) is -8.80. The number of ether oxygens (including phenoxy) is 3. The Morgan fingerprint density at radius 1 is 0.846 bits per heavy atom. The van der Waals surface area contributed by atoms with Crippen LogP contribution in [0.3, 0.4) is 0 Å². The molecule has 1 saturated carbocycles. The number of hydrogen-bond acceptors (Lipinski definition) is 3. The topological polar surface area (TPSA) is 27.7 Å². The second-order valence-corrected chi connectivity index (χ2v) is 9.38. The Labute approximate surface area is 219 Å². The van der Waals surface area contributed by atoms with Crippen molar-refractivity contribution in [1.82, 2.24) is 0 Å². The molecule has 0 unspecified atom stereocenters. The van der Waals surface area contributed by atoms with Gasteiger partial charge in [-0.2, -0.15) is 26.3 Å². The van der Waals surface area contributed by atoms with Crippen LogP contribution >= 0.6 is 0 Å². The molecule has 0 bridgehead atoms. The van der Waals surface area contributed by atoms with E-state index < -0.39 is 64.5 Å². The van der Waals surface area contributed by atoms with Crippen molar-refractivity contribution in [2.45, 2.75) is 70.5 Å². The molecule has 1 aliphatic carbocycles. The van der Waals surface area contributed by atoms with E-state index in [4.69, 9.17) is 0 Å². The summed E-state index contributed by atoms with van der Waals surface area (Å²) in [5, 5.41) is 0. The van der Waals surface area contributed by atoms with Crippen LogP contribution in [0.5, 0.6) is 17.2 Å². The number of rotatable bonds is 12. The molecular formula is C27H27F9O3. The van der Waals surface area contributed by atoms with Crippen LogP contribution in [-0.2, 0) is 6.11 Å². The molecule has 3 rings (SSSR count). The normalized spacial score (nSPS) is 18.0. The SMILES string of the molecule is CCCCCC1CCC(C(F)(F)Oc2cc(F)c(C(F)(F)Oc3ccc(OC=C(F)F)c(F)c3)c(F)c2)CC1. The van der Waals surface area contributed by atoms with Gasteiger partial charge in [0.1, 0.15) is 28.7 Å². The average molecular weight is 570 g/mol. The lowest BCUT2D eigenvalue weighted by Gasteiger charge is -2.33. The lowest BCUT2D eigenvalue weighted by molar-refractivity contribution is -0.223. The molecule has 0 radical (unpaired) electrons. The maximum atomic E-state index is 14.8. The fraction of sp³-hybridized carbons (Fsp3) is 0.481. The predicted molar refractivity (Wildman–Crippen MR) is 123 cm³/mol. The minimum absolute atomic E-state index is 0.0922. The van der Waals surface area contributed by atoms with Crippen LogP contribution in [0.2, 0.25) is 0 Å². The molecule has 0 N–H and O–H groups in total. The van der Waals surface area contributed by atoms with Gasteiger partial charge in [-0.05, 0) is 43.7 Å². The molecule has 0 saturated heterocycles. The highest BCUT2D eigenvalue weighted by atomic mass is 19.3. The number of benzene rings is 2. The van der Waals surface area contributed by atoms with Gasteiger partial charge in [-0.1, -0.05) is 32.6 Å². The van der Waals surface area contributed by atoms with Crippen LogP contribution in [0.15, 0.2) is 42.7 Å². The van der Waals surface area contributed by atoms with Crippen LogP contribution in [-0.4, -0.2) is 6.11 Å². The standard InChI is InChI=1S/C27H27F9O3/c1-2-3-4-5-16-6-8-17(9-7-16)26(33,34)39-19-13-21(29)25(22(30)14-19)27(35,36)38-18-10-11-23(20(28)12-18)37-15-24(31)32/h10-17H,2-9H2,1H3. The van der Waals surface area contributed by atoms with Crippen molar-refractivity contribution >= 4 is 0 Å². The van der Waals surface area contributed by atoms with Gasteiger partial charge < -0.3 is 14.2 Å². The van der Waals surface area contributed by atoms with Crippen molar-refractivity contribution in [3.63, 3.8) is 0 Å². The highest BCUT2D eigenvalue weighted by Crippen LogP contribution is 2.43. The molecule has 0 atom stereocenters. The van der Waals surface area contributed by atoms with E-state index in [1.165, 1.54) is 0 Å². The smallest absolute Gasteiger partial charge is 0.432 e. The van der Waals surface area contributed by atoms with E-state index in [9.17, 15) is 39.5 Å². The first kappa shape index (κ1) is 30.5. The van der Waals surface area contributed by atoms with Crippen molar-refractivity contribution < 1.29 is 53.7 Å². The van der Waals surface area contributed by atoms with Crippen LogP contribution in [0, 0.1) is 29.3 Å². The first-order valence-corrected chi connectivity index (χ1v) is 12.4. The van der Waals surface area contributed by atoms with E-state index in [-0.39, 0.29) is 31.2 Å². The zero-order chi connectivity index (χ0) is 28.8. The number of halogens is 9. The van der Waals surface area contributed by atoms with Crippen LogP contribution < -0.4 is 14.2 Å². The van der Waals surface area contributed by atoms with Gasteiger partial charge in [-0.3, -0.25) is 0 Å². The summed E-state index contributed by atoms with van der Waals surface area (Å²) in [5.41, 5.74) is -1.92. The Morgan fingerprint density at radius 2 is 1.46 bits per heavy atom. The van der Waals surface area contributed by atoms with E-state index in [0.717, 1.165) is 25.7 Å². The molecule has 2 aromatic carbocycles. The minimum atomic E-state index is -4.72. The summed E-state index contributed by atoms with van der Waals surface area (Å²) in [6.07, 6.45) is -5.36. The minimum Gasteiger partial charge on any atom is -0.456 e. The van der Waals surface area contributed by atoms with Crippen LogP contribution in [0.4, 0.5) is 39.5 Å². The monoisotopic (exact) mass is 570 g/mol. The summed E-state index contributed by atoms with van der Waals surface area (Å²) < 4.78 is 139. The highest BCUT2D eigenvalue weighted by Gasteiger charge is 2.45. The molecule has 2 aromatic rings. The molecule has 0 aromatic heterocycles. The summed E-state index contributed by atoms with van der Waals surface area (Å²) >= 11 is 0. The third-order valence-electron chi connectivity index (χ3n) is 6.52. The first-order chi connectivity index (χ1) is 18.3. The molecule has 0 amide bonds. The van der Waals surface area contributed by atoms with E-state index in [0.29, 0.717) is 37.0 Å². The molecule has 0 heterocycles. The van der Waals surface area contributed by atoms with Gasteiger partial charge in [0.15, 0.2) is 17.8 Å². The van der Waals surface area contributed by atoms with Gasteiger partial charge in [0.25, 0.3) is 0 Å². The molecule has 216 valence electrons. The zero-order valence-electron chi connectivity index (χ0n) is 20.9. The molecule has 0 aliphatic heterocycles. The van der Waals surface area contributed by atoms with E-state index in [2.05, 4.69) is 21.1 Å².